The first-order valence-corrected chi connectivity index (χ1v) is 13.2. The number of aryl methyl sites for hydroxylation is 1. The molecule has 0 unspecified atom stereocenters. The van der Waals surface area contributed by atoms with Crippen molar-refractivity contribution in [2.24, 2.45) is 0 Å². The number of halogens is 1. The molecule has 0 spiro atoms. The molecule has 13 heteroatoms. The van der Waals surface area contributed by atoms with Crippen molar-refractivity contribution in [1.82, 2.24) is 24.4 Å². The molecule has 194 valence electrons. The zero-order valence-electron chi connectivity index (χ0n) is 20.9. The summed E-state index contributed by atoms with van der Waals surface area (Å²) in [6.07, 6.45) is 3.08. The van der Waals surface area contributed by atoms with E-state index in [1.807, 2.05) is 13.1 Å². The van der Waals surface area contributed by atoms with Gasteiger partial charge in [-0.25, -0.2) is 19.1 Å². The Balaban J connectivity index is 1.72. The first kappa shape index (κ1) is 26.5. The Bertz CT molecular complexity index is 1500. The van der Waals surface area contributed by atoms with Gasteiger partial charge in [0.2, 0.25) is 0 Å². The highest BCUT2D eigenvalue weighted by molar-refractivity contribution is 9.10. The van der Waals surface area contributed by atoms with Gasteiger partial charge < -0.3 is 14.8 Å². The topological polar surface area (TPSA) is 130 Å². The number of esters is 2. The summed E-state index contributed by atoms with van der Waals surface area (Å²) in [5.74, 6) is -1.81. The molecule has 0 aliphatic rings. The number of rotatable bonds is 8. The van der Waals surface area contributed by atoms with Crippen LogP contribution in [0.15, 0.2) is 29.0 Å². The zero-order chi connectivity index (χ0) is 26.9. The molecule has 4 heterocycles. The predicted molar refractivity (Wildman–Crippen MR) is 141 cm³/mol. The molecule has 11 nitrogen and oxygen atoms in total. The molecular weight excluding hydrogens is 564 g/mol. The Morgan fingerprint density at radius 3 is 2.59 bits per heavy atom. The minimum atomic E-state index is -0.648. The lowest BCUT2D eigenvalue weighted by Gasteiger charge is -2.10. The first-order chi connectivity index (χ1) is 17.6. The number of thiophene rings is 1. The Hall–Kier alpha value is -3.58. The zero-order valence-corrected chi connectivity index (χ0v) is 23.3. The van der Waals surface area contributed by atoms with Crippen LogP contribution in [0, 0.1) is 6.92 Å². The van der Waals surface area contributed by atoms with Crippen molar-refractivity contribution in [3.63, 3.8) is 0 Å². The summed E-state index contributed by atoms with van der Waals surface area (Å²) in [5.41, 5.74) is 2.27. The van der Waals surface area contributed by atoms with Crippen LogP contribution in [0.5, 0.6) is 0 Å². The molecular formula is C24H25BrN6O5S. The van der Waals surface area contributed by atoms with Gasteiger partial charge in [0.1, 0.15) is 15.6 Å². The van der Waals surface area contributed by atoms with Crippen LogP contribution in [-0.2, 0) is 16.0 Å². The fraction of sp³-hybridized carbons (Fsp3) is 0.333. The number of carbonyl (C=O) groups is 3. The Morgan fingerprint density at radius 2 is 1.95 bits per heavy atom. The smallest absolute Gasteiger partial charge is 0.348 e. The number of carbonyl (C=O) groups excluding carboxylic acids is 3. The van der Waals surface area contributed by atoms with Gasteiger partial charge in [0.25, 0.3) is 5.91 Å². The van der Waals surface area contributed by atoms with Gasteiger partial charge >= 0.3 is 11.9 Å². The van der Waals surface area contributed by atoms with Gasteiger partial charge in [-0.1, -0.05) is 0 Å². The van der Waals surface area contributed by atoms with Crippen molar-refractivity contribution < 1.29 is 23.9 Å². The van der Waals surface area contributed by atoms with Crippen molar-refractivity contribution in [2.75, 3.05) is 11.9 Å². The molecule has 0 aliphatic heterocycles. The normalized spacial score (nSPS) is 11.2. The lowest BCUT2D eigenvalue weighted by molar-refractivity contribution is 0.0379. The third kappa shape index (κ3) is 5.27. The van der Waals surface area contributed by atoms with Crippen LogP contribution in [0.25, 0.3) is 17.0 Å². The Kier molecular flexibility index (Phi) is 7.73. The molecule has 0 saturated carbocycles. The average Bonchev–Trinajstić information content (AvgIpc) is 3.53. The molecule has 0 aromatic carbocycles. The van der Waals surface area contributed by atoms with Gasteiger partial charge in [0, 0.05) is 25.0 Å². The second-order valence-corrected chi connectivity index (χ2v) is 10.1. The van der Waals surface area contributed by atoms with E-state index in [-0.39, 0.29) is 33.8 Å². The van der Waals surface area contributed by atoms with Gasteiger partial charge in [-0.05, 0) is 62.2 Å². The minimum absolute atomic E-state index is 0.0675. The summed E-state index contributed by atoms with van der Waals surface area (Å²) < 4.78 is 14.5. The number of nitrogens with one attached hydrogen (secondary N) is 1. The van der Waals surface area contributed by atoms with Gasteiger partial charge in [0.05, 0.1) is 28.4 Å². The standard InChI is InChI=1S/C24H25BrN6O5S/c1-6-30-11-14(25)19(29-30)16-8-9-26-17-10-15(28-31(16)17)21(32)27-22-18(23(33)36-12(3)4)13(5)20(37-22)24(34)35-7-2/h8-12H,6-7H2,1-5H3,(H,27,32). The van der Waals surface area contributed by atoms with Crippen LogP contribution in [0.2, 0.25) is 0 Å². The molecule has 0 radical (unpaired) electrons. The van der Waals surface area contributed by atoms with E-state index in [1.54, 1.807) is 44.6 Å². The third-order valence-corrected chi connectivity index (χ3v) is 7.02. The third-order valence-electron chi connectivity index (χ3n) is 5.26. The van der Waals surface area contributed by atoms with Gasteiger partial charge in [-0.15, -0.1) is 11.3 Å². The minimum Gasteiger partial charge on any atom is -0.462 e. The van der Waals surface area contributed by atoms with Crippen molar-refractivity contribution in [3.8, 4) is 11.4 Å². The van der Waals surface area contributed by atoms with E-state index >= 15 is 0 Å². The van der Waals surface area contributed by atoms with Gasteiger partial charge in [-0.3, -0.25) is 9.48 Å². The molecule has 0 atom stereocenters. The highest BCUT2D eigenvalue weighted by atomic mass is 79.9. The fourth-order valence-electron chi connectivity index (χ4n) is 3.60. The summed E-state index contributed by atoms with van der Waals surface area (Å²) in [6.45, 7) is 9.58. The van der Waals surface area contributed by atoms with Crippen molar-refractivity contribution in [3.05, 3.63) is 50.7 Å². The van der Waals surface area contributed by atoms with Crippen molar-refractivity contribution >= 4 is 55.8 Å². The van der Waals surface area contributed by atoms with Crippen LogP contribution in [0.4, 0.5) is 5.00 Å². The van der Waals surface area contributed by atoms with Gasteiger partial charge in [-0.2, -0.15) is 10.2 Å². The predicted octanol–water partition coefficient (Wildman–Crippen LogP) is 4.74. The second-order valence-electron chi connectivity index (χ2n) is 8.20. The second kappa shape index (κ2) is 10.8. The SMILES string of the molecule is CCOC(=O)c1sc(NC(=O)c2cc3nccc(-c4nn(CC)cc4Br)n3n2)c(C(=O)OC(C)C)c1C. The van der Waals surface area contributed by atoms with Crippen LogP contribution < -0.4 is 5.32 Å². The molecule has 1 amide bonds. The lowest BCUT2D eigenvalue weighted by atomic mass is 10.1. The average molecular weight is 589 g/mol. The number of hydrogen-bond acceptors (Lipinski definition) is 9. The number of nitrogens with zero attached hydrogens (tertiary/aromatic N) is 5. The Morgan fingerprint density at radius 1 is 1.19 bits per heavy atom. The van der Waals surface area contributed by atoms with Crippen molar-refractivity contribution in [1.29, 1.82) is 0 Å². The quantitative estimate of drug-likeness (QED) is 0.292. The maximum absolute atomic E-state index is 13.3. The molecule has 4 aromatic rings. The van der Waals surface area contributed by atoms with E-state index in [9.17, 15) is 14.4 Å². The Labute approximate surface area is 224 Å². The van der Waals surface area contributed by atoms with E-state index in [1.165, 1.54) is 10.6 Å². The number of hydrogen-bond donors (Lipinski definition) is 1. The maximum atomic E-state index is 13.3. The molecule has 0 fully saturated rings. The number of amides is 1. The van der Waals surface area contributed by atoms with Crippen LogP contribution in [-0.4, -0.2) is 54.9 Å². The van der Waals surface area contributed by atoms with E-state index < -0.39 is 17.8 Å². The molecule has 0 aliphatic carbocycles. The van der Waals surface area contributed by atoms with Crippen LogP contribution >= 0.6 is 27.3 Å². The van der Waals surface area contributed by atoms with E-state index in [0.29, 0.717) is 29.1 Å². The highest BCUT2D eigenvalue weighted by Crippen LogP contribution is 2.35. The lowest BCUT2D eigenvalue weighted by Crippen LogP contribution is -2.17. The molecule has 4 aromatic heterocycles. The number of fused-ring (bicyclic) bond motifs is 1. The van der Waals surface area contributed by atoms with E-state index in [4.69, 9.17) is 9.47 Å². The van der Waals surface area contributed by atoms with Crippen LogP contribution in [0.1, 0.15) is 63.8 Å². The molecule has 1 N–H and O–H groups in total. The molecule has 0 bridgehead atoms. The summed E-state index contributed by atoms with van der Waals surface area (Å²) in [7, 11) is 0. The summed E-state index contributed by atoms with van der Waals surface area (Å²) in [4.78, 5) is 43.1. The summed E-state index contributed by atoms with van der Waals surface area (Å²) >= 11 is 4.48. The summed E-state index contributed by atoms with van der Waals surface area (Å²) in [5, 5.41) is 11.9. The molecule has 0 saturated heterocycles. The van der Waals surface area contributed by atoms with Crippen molar-refractivity contribution in [2.45, 2.75) is 47.3 Å². The molecule has 4 rings (SSSR count). The molecule has 37 heavy (non-hydrogen) atoms. The van der Waals surface area contributed by atoms with E-state index in [2.05, 4.69) is 36.4 Å². The highest BCUT2D eigenvalue weighted by Gasteiger charge is 2.29. The fourth-order valence-corrected chi connectivity index (χ4v) is 5.20. The number of anilines is 1. The largest absolute Gasteiger partial charge is 0.462 e. The van der Waals surface area contributed by atoms with Gasteiger partial charge in [0.15, 0.2) is 11.3 Å². The van der Waals surface area contributed by atoms with Crippen LogP contribution in [0.3, 0.4) is 0 Å². The van der Waals surface area contributed by atoms with E-state index in [0.717, 1.165) is 15.8 Å². The first-order valence-electron chi connectivity index (χ1n) is 11.5. The maximum Gasteiger partial charge on any atom is 0.348 e. The monoisotopic (exact) mass is 588 g/mol. The number of aromatic nitrogens is 5. The summed E-state index contributed by atoms with van der Waals surface area (Å²) in [6, 6.07) is 3.28. The number of ether oxygens (including phenoxy) is 2.